The first-order valence-corrected chi connectivity index (χ1v) is 7.45. The highest BCUT2D eigenvalue weighted by Crippen LogP contribution is 2.33. The summed E-state index contributed by atoms with van der Waals surface area (Å²) >= 11 is 0. The summed E-state index contributed by atoms with van der Waals surface area (Å²) in [6.45, 7) is 1.45. The van der Waals surface area contributed by atoms with Gasteiger partial charge in [0.15, 0.2) is 0 Å². The van der Waals surface area contributed by atoms with E-state index in [1.807, 2.05) is 12.1 Å². The number of carbonyl (C=O) groups excluding carboxylic acids is 1. The maximum Gasteiger partial charge on any atom is 0.318 e. The molecular weight excluding hydrogens is 288 g/mol. The molecule has 22 heavy (non-hydrogen) atoms. The minimum Gasteiger partial charge on any atom is -0.481 e. The molecule has 0 aliphatic carbocycles. The Morgan fingerprint density at radius 1 is 1.50 bits per heavy atom. The minimum absolute atomic E-state index is 0.0578. The fraction of sp³-hybridized carbons (Fsp3) is 0.600. The molecule has 1 aromatic rings. The van der Waals surface area contributed by atoms with E-state index in [9.17, 15) is 9.59 Å². The summed E-state index contributed by atoms with van der Waals surface area (Å²) in [4.78, 5) is 24.4. The van der Waals surface area contributed by atoms with Crippen LogP contribution in [0.25, 0.3) is 0 Å². The van der Waals surface area contributed by atoms with Crippen molar-refractivity contribution in [2.75, 3.05) is 20.2 Å². The molecule has 0 saturated carbocycles. The van der Waals surface area contributed by atoms with Gasteiger partial charge in [-0.25, -0.2) is 4.79 Å². The zero-order valence-electron chi connectivity index (χ0n) is 12.7. The monoisotopic (exact) mass is 310 g/mol. The number of nitrogens with one attached hydrogen (secondary N) is 1. The van der Waals surface area contributed by atoms with Crippen molar-refractivity contribution in [3.8, 4) is 0 Å². The van der Waals surface area contributed by atoms with E-state index in [2.05, 4.69) is 5.32 Å². The van der Waals surface area contributed by atoms with Crippen LogP contribution in [0.2, 0.25) is 0 Å². The summed E-state index contributed by atoms with van der Waals surface area (Å²) in [6, 6.07) is 3.51. The second-order valence-electron chi connectivity index (χ2n) is 5.32. The van der Waals surface area contributed by atoms with E-state index >= 15 is 0 Å². The number of ether oxygens (including phenoxy) is 1. The lowest BCUT2D eigenvalue weighted by Crippen LogP contribution is -2.39. The highest BCUT2D eigenvalue weighted by Gasteiger charge is 2.32. The highest BCUT2D eigenvalue weighted by molar-refractivity contribution is 5.75. The molecule has 1 aliphatic heterocycles. The number of carboxylic acid groups (broad SMARTS) is 1. The number of amides is 2. The van der Waals surface area contributed by atoms with Crippen molar-refractivity contribution in [2.24, 2.45) is 0 Å². The third-order valence-corrected chi connectivity index (χ3v) is 3.65. The van der Waals surface area contributed by atoms with Crippen LogP contribution in [0.3, 0.4) is 0 Å². The topological polar surface area (TPSA) is 92.0 Å². The lowest BCUT2D eigenvalue weighted by Gasteiger charge is -2.23. The number of methoxy groups -OCH3 is 1. The molecule has 0 spiro atoms. The van der Waals surface area contributed by atoms with E-state index in [4.69, 9.17) is 14.3 Å². The van der Waals surface area contributed by atoms with Crippen molar-refractivity contribution in [3.05, 3.63) is 23.7 Å². The molecule has 1 unspecified atom stereocenters. The van der Waals surface area contributed by atoms with Crippen LogP contribution in [0.15, 0.2) is 16.5 Å². The van der Waals surface area contributed by atoms with Crippen LogP contribution in [-0.4, -0.2) is 42.2 Å². The molecule has 2 rings (SSSR count). The van der Waals surface area contributed by atoms with Crippen molar-refractivity contribution in [3.63, 3.8) is 0 Å². The molecule has 7 heteroatoms. The summed E-state index contributed by atoms with van der Waals surface area (Å²) in [7, 11) is 1.61. The van der Waals surface area contributed by atoms with Gasteiger partial charge in [-0.3, -0.25) is 4.79 Å². The number of aliphatic carboxylic acids is 1. The van der Waals surface area contributed by atoms with Crippen molar-refractivity contribution >= 4 is 12.0 Å². The van der Waals surface area contributed by atoms with Gasteiger partial charge in [-0.15, -0.1) is 0 Å². The van der Waals surface area contributed by atoms with Gasteiger partial charge in [-0.1, -0.05) is 0 Å². The Hall–Kier alpha value is -2.02. The van der Waals surface area contributed by atoms with Crippen molar-refractivity contribution in [1.29, 1.82) is 0 Å². The van der Waals surface area contributed by atoms with Crippen LogP contribution >= 0.6 is 0 Å². The second kappa shape index (κ2) is 7.84. The average molecular weight is 310 g/mol. The third-order valence-electron chi connectivity index (χ3n) is 3.65. The molecule has 122 valence electrons. The van der Waals surface area contributed by atoms with Crippen LogP contribution in [0.1, 0.15) is 43.2 Å². The number of likely N-dealkylation sites (tertiary alicyclic amines) is 1. The second-order valence-corrected chi connectivity index (χ2v) is 5.32. The number of urea groups is 1. The van der Waals surface area contributed by atoms with Crippen LogP contribution in [-0.2, 0) is 16.1 Å². The number of carbonyl (C=O) groups is 2. The van der Waals surface area contributed by atoms with Crippen molar-refractivity contribution in [1.82, 2.24) is 10.2 Å². The van der Waals surface area contributed by atoms with E-state index in [1.165, 1.54) is 0 Å². The first-order valence-electron chi connectivity index (χ1n) is 7.45. The van der Waals surface area contributed by atoms with E-state index in [1.54, 1.807) is 12.0 Å². The number of rotatable bonds is 7. The predicted molar refractivity (Wildman–Crippen MR) is 78.4 cm³/mol. The Labute approximate surface area is 129 Å². The molecule has 2 N–H and O–H groups in total. The fourth-order valence-corrected chi connectivity index (χ4v) is 2.64. The highest BCUT2D eigenvalue weighted by atomic mass is 16.5. The van der Waals surface area contributed by atoms with Crippen LogP contribution < -0.4 is 5.32 Å². The molecule has 7 nitrogen and oxygen atoms in total. The van der Waals surface area contributed by atoms with Gasteiger partial charge in [-0.05, 0) is 31.4 Å². The van der Waals surface area contributed by atoms with Gasteiger partial charge < -0.3 is 24.5 Å². The van der Waals surface area contributed by atoms with Gasteiger partial charge in [0, 0.05) is 26.6 Å². The molecule has 1 atom stereocenters. The number of nitrogens with zero attached hydrogens (tertiary/aromatic N) is 1. The molecule has 0 bridgehead atoms. The number of carboxylic acids is 1. The van der Waals surface area contributed by atoms with Crippen LogP contribution in [0.4, 0.5) is 4.79 Å². The number of hydrogen-bond acceptors (Lipinski definition) is 4. The normalized spacial score (nSPS) is 17.7. The third kappa shape index (κ3) is 4.24. The maximum absolute atomic E-state index is 12.2. The van der Waals surface area contributed by atoms with E-state index in [0.29, 0.717) is 26.1 Å². The van der Waals surface area contributed by atoms with E-state index < -0.39 is 5.97 Å². The summed E-state index contributed by atoms with van der Waals surface area (Å²) in [5.74, 6) is 0.658. The first-order chi connectivity index (χ1) is 10.6. The quantitative estimate of drug-likeness (QED) is 0.753. The van der Waals surface area contributed by atoms with Crippen molar-refractivity contribution < 1.29 is 23.8 Å². The van der Waals surface area contributed by atoms with E-state index in [0.717, 1.165) is 24.4 Å². The first kappa shape index (κ1) is 16.4. The molecular formula is C15H22N2O5. The summed E-state index contributed by atoms with van der Waals surface area (Å²) in [5.41, 5.74) is 0. The summed E-state index contributed by atoms with van der Waals surface area (Å²) in [5, 5.41) is 11.4. The Kier molecular flexibility index (Phi) is 5.83. The molecule has 1 saturated heterocycles. The Morgan fingerprint density at radius 3 is 3.05 bits per heavy atom. The molecule has 0 aromatic carbocycles. The predicted octanol–water partition coefficient (Wildman–Crippen LogP) is 2.14. The zero-order valence-corrected chi connectivity index (χ0v) is 12.7. The SMILES string of the molecule is COCc1ccc(C2CCCN2C(=O)NCCCC(=O)O)o1. The Balaban J connectivity index is 1.88. The number of furan rings is 1. The van der Waals surface area contributed by atoms with Gasteiger partial charge in [-0.2, -0.15) is 0 Å². The average Bonchev–Trinajstić information content (AvgIpc) is 3.11. The van der Waals surface area contributed by atoms with Crippen LogP contribution in [0, 0.1) is 0 Å². The largest absolute Gasteiger partial charge is 0.481 e. The Bertz CT molecular complexity index is 514. The molecule has 1 fully saturated rings. The van der Waals surface area contributed by atoms with Gasteiger partial charge in [0.1, 0.15) is 18.1 Å². The lowest BCUT2D eigenvalue weighted by atomic mass is 10.2. The molecule has 2 heterocycles. The lowest BCUT2D eigenvalue weighted by molar-refractivity contribution is -0.137. The van der Waals surface area contributed by atoms with Crippen LogP contribution in [0.5, 0.6) is 0 Å². The van der Waals surface area contributed by atoms with E-state index in [-0.39, 0.29) is 18.5 Å². The smallest absolute Gasteiger partial charge is 0.318 e. The minimum atomic E-state index is -0.852. The maximum atomic E-state index is 12.2. The Morgan fingerprint density at radius 2 is 2.32 bits per heavy atom. The molecule has 1 aromatic heterocycles. The molecule has 2 amide bonds. The number of hydrogen-bond donors (Lipinski definition) is 2. The zero-order chi connectivity index (χ0) is 15.9. The van der Waals surface area contributed by atoms with Gasteiger partial charge >= 0.3 is 12.0 Å². The summed E-state index contributed by atoms with van der Waals surface area (Å²) < 4.78 is 10.7. The van der Waals surface area contributed by atoms with Gasteiger partial charge in [0.25, 0.3) is 0 Å². The standard InChI is InChI=1S/C15H22N2O5/c1-21-10-11-6-7-13(22-11)12-4-3-9-17(12)15(20)16-8-2-5-14(18)19/h6-7,12H,2-5,8-10H2,1H3,(H,16,20)(H,18,19). The van der Waals surface area contributed by atoms with Gasteiger partial charge in [0.2, 0.25) is 0 Å². The fourth-order valence-electron chi connectivity index (χ4n) is 2.64. The van der Waals surface area contributed by atoms with Crippen molar-refractivity contribution in [2.45, 2.75) is 38.3 Å². The van der Waals surface area contributed by atoms with Gasteiger partial charge in [0.05, 0.1) is 6.04 Å². The molecule has 1 aliphatic rings. The molecule has 0 radical (unpaired) electrons. The summed E-state index contributed by atoms with van der Waals surface area (Å²) in [6.07, 6.45) is 2.27.